The van der Waals surface area contributed by atoms with Crippen molar-refractivity contribution in [3.63, 3.8) is 0 Å². The number of carbonyl (C=O) groups excluding carboxylic acids is 2. The molecule has 0 aromatic heterocycles. The van der Waals surface area contributed by atoms with Crippen molar-refractivity contribution < 1.29 is 24.2 Å². The van der Waals surface area contributed by atoms with Crippen molar-refractivity contribution in [1.82, 2.24) is 5.32 Å². The van der Waals surface area contributed by atoms with E-state index >= 15 is 0 Å². The number of fused-ring (bicyclic) bond motifs is 2. The van der Waals surface area contributed by atoms with Gasteiger partial charge in [0.1, 0.15) is 0 Å². The summed E-state index contributed by atoms with van der Waals surface area (Å²) in [5.74, 6) is -1.16. The van der Waals surface area contributed by atoms with E-state index in [1.54, 1.807) is 12.1 Å². The van der Waals surface area contributed by atoms with E-state index < -0.39 is 11.9 Å². The first-order valence-corrected chi connectivity index (χ1v) is 8.56. The van der Waals surface area contributed by atoms with Crippen molar-refractivity contribution in [2.75, 3.05) is 13.1 Å². The molecule has 0 spiro atoms. The first-order valence-electron chi connectivity index (χ1n) is 8.56. The van der Waals surface area contributed by atoms with Gasteiger partial charge in [0, 0.05) is 23.1 Å². The second-order valence-electron chi connectivity index (χ2n) is 6.55. The molecule has 26 heavy (non-hydrogen) atoms. The molecule has 0 bridgehead atoms. The van der Waals surface area contributed by atoms with Crippen LogP contribution in [-0.4, -0.2) is 30.1 Å². The SMILES string of the molecule is CC(C)CNCCc1c2c(c(O)c3ccccc13)OC(=O)/C=C/C(=O)O2. The maximum Gasteiger partial charge on any atom is 0.336 e. The van der Waals surface area contributed by atoms with Gasteiger partial charge in [-0.1, -0.05) is 38.1 Å². The fraction of sp³-hybridized carbons (Fsp3) is 0.300. The molecule has 1 aliphatic rings. The number of phenolic OH excluding ortho intramolecular Hbond substituents is 1. The number of carbonyl (C=O) groups is 2. The molecule has 2 aromatic carbocycles. The average molecular weight is 355 g/mol. The summed E-state index contributed by atoms with van der Waals surface area (Å²) in [5.41, 5.74) is 0.709. The summed E-state index contributed by atoms with van der Waals surface area (Å²) in [5, 5.41) is 15.2. The Labute approximate surface area is 151 Å². The van der Waals surface area contributed by atoms with Gasteiger partial charge in [-0.25, -0.2) is 9.59 Å². The lowest BCUT2D eigenvalue weighted by atomic mass is 9.98. The van der Waals surface area contributed by atoms with Crippen LogP contribution in [-0.2, 0) is 16.0 Å². The summed E-state index contributed by atoms with van der Waals surface area (Å²) in [7, 11) is 0. The Balaban J connectivity index is 2.10. The van der Waals surface area contributed by atoms with Gasteiger partial charge in [-0.2, -0.15) is 0 Å². The van der Waals surface area contributed by atoms with E-state index in [0.717, 1.165) is 24.1 Å². The van der Waals surface area contributed by atoms with E-state index in [-0.39, 0.29) is 17.2 Å². The minimum Gasteiger partial charge on any atom is -0.504 e. The smallest absolute Gasteiger partial charge is 0.336 e. The van der Waals surface area contributed by atoms with E-state index in [1.165, 1.54) is 0 Å². The van der Waals surface area contributed by atoms with Crippen LogP contribution in [0.3, 0.4) is 0 Å². The number of phenols is 1. The number of rotatable bonds is 5. The van der Waals surface area contributed by atoms with Crippen LogP contribution >= 0.6 is 0 Å². The topological polar surface area (TPSA) is 84.9 Å². The fourth-order valence-electron chi connectivity index (χ4n) is 2.90. The Morgan fingerprint density at radius 3 is 2.27 bits per heavy atom. The van der Waals surface area contributed by atoms with Crippen LogP contribution in [0.25, 0.3) is 10.8 Å². The van der Waals surface area contributed by atoms with Crippen LogP contribution in [0, 0.1) is 5.92 Å². The molecular formula is C20H21NO5. The number of aromatic hydroxyl groups is 1. The van der Waals surface area contributed by atoms with Crippen molar-refractivity contribution in [3.8, 4) is 17.2 Å². The number of nitrogens with one attached hydrogen (secondary N) is 1. The molecule has 136 valence electrons. The van der Waals surface area contributed by atoms with Crippen LogP contribution in [0.15, 0.2) is 36.4 Å². The van der Waals surface area contributed by atoms with Crippen LogP contribution in [0.5, 0.6) is 17.2 Å². The highest BCUT2D eigenvalue weighted by Gasteiger charge is 2.26. The predicted molar refractivity (Wildman–Crippen MR) is 97.4 cm³/mol. The molecule has 2 N–H and O–H groups in total. The molecule has 6 heteroatoms. The quantitative estimate of drug-likeness (QED) is 0.487. The van der Waals surface area contributed by atoms with Gasteiger partial charge >= 0.3 is 11.9 Å². The molecule has 0 radical (unpaired) electrons. The number of ether oxygens (including phenoxy) is 2. The van der Waals surface area contributed by atoms with E-state index in [2.05, 4.69) is 19.2 Å². The standard InChI is InChI=1S/C20H21NO5/c1-12(2)11-21-10-9-15-13-5-3-4-6-14(13)18(24)20-19(15)25-16(22)7-8-17(23)26-20/h3-8,12,21,24H,9-11H2,1-2H3/b8-7+. The van der Waals surface area contributed by atoms with E-state index in [4.69, 9.17) is 9.47 Å². The zero-order valence-corrected chi connectivity index (χ0v) is 14.7. The van der Waals surface area contributed by atoms with Gasteiger partial charge in [0.2, 0.25) is 5.75 Å². The minimum atomic E-state index is -0.739. The normalized spacial score (nSPS) is 15.2. The Morgan fingerprint density at radius 1 is 1.00 bits per heavy atom. The first-order chi connectivity index (χ1) is 12.5. The number of hydrogen-bond donors (Lipinski definition) is 2. The summed E-state index contributed by atoms with van der Waals surface area (Å²) >= 11 is 0. The Morgan fingerprint density at radius 2 is 1.62 bits per heavy atom. The third-order valence-electron chi connectivity index (χ3n) is 4.07. The molecule has 0 unspecified atom stereocenters. The van der Waals surface area contributed by atoms with Crippen molar-refractivity contribution in [1.29, 1.82) is 0 Å². The zero-order valence-electron chi connectivity index (χ0n) is 14.7. The van der Waals surface area contributed by atoms with Crippen LogP contribution in [0.1, 0.15) is 19.4 Å². The number of esters is 2. The van der Waals surface area contributed by atoms with Gasteiger partial charge in [0.15, 0.2) is 11.5 Å². The van der Waals surface area contributed by atoms with E-state index in [9.17, 15) is 14.7 Å². The lowest BCUT2D eigenvalue weighted by Crippen LogP contribution is -2.23. The van der Waals surface area contributed by atoms with Gasteiger partial charge in [-0.15, -0.1) is 0 Å². The molecular weight excluding hydrogens is 334 g/mol. The van der Waals surface area contributed by atoms with Crippen molar-refractivity contribution >= 4 is 22.7 Å². The Kier molecular flexibility index (Phi) is 5.23. The highest BCUT2D eigenvalue weighted by molar-refractivity contribution is 6.01. The minimum absolute atomic E-state index is 0.0928. The highest BCUT2D eigenvalue weighted by Crippen LogP contribution is 2.47. The summed E-state index contributed by atoms with van der Waals surface area (Å²) in [6.07, 6.45) is 2.53. The van der Waals surface area contributed by atoms with Crippen LogP contribution < -0.4 is 14.8 Å². The highest BCUT2D eigenvalue weighted by atomic mass is 16.6. The molecule has 0 saturated carbocycles. The van der Waals surface area contributed by atoms with Crippen molar-refractivity contribution in [2.24, 2.45) is 5.92 Å². The van der Waals surface area contributed by atoms with Crippen LogP contribution in [0.4, 0.5) is 0 Å². The van der Waals surface area contributed by atoms with Crippen molar-refractivity contribution in [3.05, 3.63) is 42.0 Å². The van der Waals surface area contributed by atoms with Gasteiger partial charge in [0.25, 0.3) is 0 Å². The average Bonchev–Trinajstić information content (AvgIpc) is 2.60. The lowest BCUT2D eigenvalue weighted by Gasteiger charge is -2.19. The molecule has 0 fully saturated rings. The molecule has 3 rings (SSSR count). The summed E-state index contributed by atoms with van der Waals surface area (Å²) in [6.45, 7) is 5.74. The third kappa shape index (κ3) is 3.70. The van der Waals surface area contributed by atoms with Gasteiger partial charge in [-0.3, -0.25) is 0 Å². The lowest BCUT2D eigenvalue weighted by molar-refractivity contribution is -0.133. The maximum absolute atomic E-state index is 11.9. The monoisotopic (exact) mass is 355 g/mol. The molecule has 0 aliphatic carbocycles. The molecule has 6 nitrogen and oxygen atoms in total. The number of hydrogen-bond acceptors (Lipinski definition) is 6. The second kappa shape index (κ2) is 7.58. The van der Waals surface area contributed by atoms with Gasteiger partial charge in [-0.05, 0) is 30.8 Å². The first kappa shape index (κ1) is 17.9. The largest absolute Gasteiger partial charge is 0.504 e. The second-order valence-corrected chi connectivity index (χ2v) is 6.55. The Hall–Kier alpha value is -2.86. The molecule has 2 aromatic rings. The zero-order chi connectivity index (χ0) is 18.7. The third-order valence-corrected chi connectivity index (χ3v) is 4.07. The molecule has 1 heterocycles. The molecule has 1 aliphatic heterocycles. The van der Waals surface area contributed by atoms with E-state index in [1.807, 2.05) is 12.1 Å². The maximum atomic E-state index is 11.9. The summed E-state index contributed by atoms with van der Waals surface area (Å²) in [6, 6.07) is 7.21. The fourth-order valence-corrected chi connectivity index (χ4v) is 2.90. The molecule has 0 saturated heterocycles. The number of benzene rings is 2. The molecule has 0 atom stereocenters. The Bertz CT molecular complexity index is 885. The van der Waals surface area contributed by atoms with Crippen molar-refractivity contribution in [2.45, 2.75) is 20.3 Å². The molecule has 0 amide bonds. The summed E-state index contributed by atoms with van der Waals surface area (Å²) < 4.78 is 10.6. The summed E-state index contributed by atoms with van der Waals surface area (Å²) in [4.78, 5) is 23.8. The van der Waals surface area contributed by atoms with Gasteiger partial charge < -0.3 is 19.9 Å². The predicted octanol–water partition coefficient (Wildman–Crippen LogP) is 2.71. The van der Waals surface area contributed by atoms with Crippen LogP contribution in [0.2, 0.25) is 0 Å². The van der Waals surface area contributed by atoms with E-state index in [0.29, 0.717) is 29.8 Å². The van der Waals surface area contributed by atoms with Gasteiger partial charge in [0.05, 0.1) is 0 Å².